The molecule has 1 aliphatic heterocycles. The zero-order valence-corrected chi connectivity index (χ0v) is 9.70. The maximum absolute atomic E-state index is 11.4. The summed E-state index contributed by atoms with van der Waals surface area (Å²) in [5.74, 6) is -0.0759. The van der Waals surface area contributed by atoms with E-state index in [0.29, 0.717) is 25.1 Å². The molecule has 1 heterocycles. The van der Waals surface area contributed by atoms with E-state index in [1.54, 1.807) is 6.08 Å². The number of ketones is 1. The molecule has 1 amide bonds. The number of ether oxygens (including phenoxy) is 1. The Balaban J connectivity index is 2.47. The summed E-state index contributed by atoms with van der Waals surface area (Å²) >= 11 is 5.45. The summed E-state index contributed by atoms with van der Waals surface area (Å²) in [4.78, 5) is 24.2. The second kappa shape index (κ2) is 6.33. The van der Waals surface area contributed by atoms with Crippen LogP contribution in [0.3, 0.4) is 0 Å². The number of alkyl halides is 1. The molecule has 0 unspecified atom stereocenters. The molecule has 5 heteroatoms. The normalized spacial score (nSPS) is 15.3. The quantitative estimate of drug-likeness (QED) is 0.558. The molecule has 0 saturated heterocycles. The van der Waals surface area contributed by atoms with Crippen molar-refractivity contribution in [2.75, 3.05) is 25.6 Å². The predicted molar refractivity (Wildman–Crippen MR) is 61.5 cm³/mol. The van der Waals surface area contributed by atoms with Gasteiger partial charge in [0.15, 0.2) is 5.78 Å². The average Bonchev–Trinajstić information content (AvgIpc) is 2.35. The van der Waals surface area contributed by atoms with Crippen molar-refractivity contribution in [3.05, 3.63) is 24.3 Å². The van der Waals surface area contributed by atoms with Crippen LogP contribution < -0.4 is 0 Å². The number of hydrogen-bond acceptors (Lipinski definition) is 3. The molecule has 0 aromatic rings. The van der Waals surface area contributed by atoms with Crippen LogP contribution in [0.25, 0.3) is 0 Å². The van der Waals surface area contributed by atoms with Crippen molar-refractivity contribution in [3.63, 3.8) is 0 Å². The van der Waals surface area contributed by atoms with Crippen LogP contribution in [0.5, 0.6) is 0 Å². The molecule has 0 fully saturated rings. The standard InChI is InChI=1S/C11H14ClNO3/c1-2-7-16-11(15)13-5-3-9(4-6-13)10(14)8-12/h2-3H,1,4-8H2. The van der Waals surface area contributed by atoms with E-state index in [0.717, 1.165) is 0 Å². The molecule has 0 atom stereocenters. The fourth-order valence-electron chi connectivity index (χ4n) is 1.40. The van der Waals surface area contributed by atoms with E-state index >= 15 is 0 Å². The van der Waals surface area contributed by atoms with Gasteiger partial charge < -0.3 is 9.64 Å². The minimum atomic E-state index is -0.381. The molecule has 0 bridgehead atoms. The highest BCUT2D eigenvalue weighted by Crippen LogP contribution is 2.13. The van der Waals surface area contributed by atoms with Crippen molar-refractivity contribution < 1.29 is 14.3 Å². The Labute approximate surface area is 99.5 Å². The second-order valence-electron chi connectivity index (χ2n) is 3.35. The third-order valence-electron chi connectivity index (χ3n) is 2.27. The van der Waals surface area contributed by atoms with Gasteiger partial charge >= 0.3 is 6.09 Å². The molecule has 0 aromatic carbocycles. The summed E-state index contributed by atoms with van der Waals surface area (Å²) < 4.78 is 4.88. The molecular formula is C11H14ClNO3. The third kappa shape index (κ3) is 3.38. The van der Waals surface area contributed by atoms with E-state index in [1.165, 1.54) is 11.0 Å². The molecule has 1 aliphatic rings. The van der Waals surface area contributed by atoms with Gasteiger partial charge in [-0.3, -0.25) is 4.79 Å². The van der Waals surface area contributed by atoms with E-state index < -0.39 is 0 Å². The van der Waals surface area contributed by atoms with Crippen molar-refractivity contribution in [1.29, 1.82) is 0 Å². The van der Waals surface area contributed by atoms with Crippen LogP contribution in [-0.2, 0) is 9.53 Å². The van der Waals surface area contributed by atoms with Gasteiger partial charge in [0.05, 0.1) is 5.88 Å². The monoisotopic (exact) mass is 243 g/mol. The van der Waals surface area contributed by atoms with Crippen LogP contribution in [0.15, 0.2) is 24.3 Å². The lowest BCUT2D eigenvalue weighted by atomic mass is 10.1. The van der Waals surface area contributed by atoms with Gasteiger partial charge in [-0.05, 0) is 12.0 Å². The Morgan fingerprint density at radius 2 is 2.38 bits per heavy atom. The van der Waals surface area contributed by atoms with Gasteiger partial charge in [0.1, 0.15) is 6.61 Å². The molecular weight excluding hydrogens is 230 g/mol. The van der Waals surface area contributed by atoms with E-state index in [2.05, 4.69) is 6.58 Å². The molecule has 16 heavy (non-hydrogen) atoms. The maximum atomic E-state index is 11.4. The first-order chi connectivity index (χ1) is 7.69. The Morgan fingerprint density at radius 1 is 1.62 bits per heavy atom. The molecule has 0 aliphatic carbocycles. The number of amides is 1. The number of carbonyl (C=O) groups is 2. The lowest BCUT2D eigenvalue weighted by Gasteiger charge is -2.24. The summed E-state index contributed by atoms with van der Waals surface area (Å²) in [6, 6.07) is 0. The summed E-state index contributed by atoms with van der Waals surface area (Å²) in [6.07, 6.45) is 3.40. The largest absolute Gasteiger partial charge is 0.445 e. The van der Waals surface area contributed by atoms with Crippen LogP contribution in [0.2, 0.25) is 0 Å². The van der Waals surface area contributed by atoms with E-state index in [9.17, 15) is 9.59 Å². The highest BCUT2D eigenvalue weighted by Gasteiger charge is 2.20. The van der Waals surface area contributed by atoms with Gasteiger partial charge in [-0.2, -0.15) is 0 Å². The van der Waals surface area contributed by atoms with Crippen LogP contribution >= 0.6 is 11.6 Å². The van der Waals surface area contributed by atoms with Crippen molar-refractivity contribution in [3.8, 4) is 0 Å². The second-order valence-corrected chi connectivity index (χ2v) is 3.62. The number of halogens is 1. The van der Waals surface area contributed by atoms with Crippen LogP contribution in [0.1, 0.15) is 6.42 Å². The van der Waals surface area contributed by atoms with Crippen molar-refractivity contribution >= 4 is 23.5 Å². The Morgan fingerprint density at radius 3 is 2.88 bits per heavy atom. The van der Waals surface area contributed by atoms with Crippen molar-refractivity contribution in [2.24, 2.45) is 0 Å². The van der Waals surface area contributed by atoms with Gasteiger partial charge in [0.2, 0.25) is 0 Å². The highest BCUT2D eigenvalue weighted by atomic mass is 35.5. The zero-order valence-electron chi connectivity index (χ0n) is 8.95. The predicted octanol–water partition coefficient (Wildman–Crippen LogP) is 1.75. The molecule has 1 rings (SSSR count). The van der Waals surface area contributed by atoms with Gasteiger partial charge in [0.25, 0.3) is 0 Å². The zero-order chi connectivity index (χ0) is 12.0. The Hall–Kier alpha value is -1.29. The first kappa shape index (κ1) is 12.8. The van der Waals surface area contributed by atoms with Gasteiger partial charge in [-0.1, -0.05) is 18.7 Å². The van der Waals surface area contributed by atoms with E-state index in [1.807, 2.05) is 0 Å². The van der Waals surface area contributed by atoms with E-state index in [4.69, 9.17) is 16.3 Å². The lowest BCUT2D eigenvalue weighted by Crippen LogP contribution is -2.36. The minimum Gasteiger partial charge on any atom is -0.445 e. The lowest BCUT2D eigenvalue weighted by molar-refractivity contribution is -0.113. The molecule has 0 radical (unpaired) electrons. The van der Waals surface area contributed by atoms with E-state index in [-0.39, 0.29) is 24.4 Å². The number of rotatable bonds is 4. The number of Topliss-reactive ketones (excluding diaryl/α,β-unsaturated/α-hetero) is 1. The van der Waals surface area contributed by atoms with Crippen molar-refractivity contribution in [1.82, 2.24) is 4.90 Å². The molecule has 88 valence electrons. The summed E-state index contributed by atoms with van der Waals surface area (Å²) in [5.41, 5.74) is 0.697. The van der Waals surface area contributed by atoms with Crippen LogP contribution in [0, 0.1) is 0 Å². The molecule has 0 aromatic heterocycles. The molecule has 0 saturated carbocycles. The molecule has 0 N–H and O–H groups in total. The van der Waals surface area contributed by atoms with Gasteiger partial charge in [0, 0.05) is 13.1 Å². The van der Waals surface area contributed by atoms with Crippen LogP contribution in [0.4, 0.5) is 4.79 Å². The number of carbonyl (C=O) groups excluding carboxylic acids is 2. The third-order valence-corrected chi connectivity index (χ3v) is 2.51. The SMILES string of the molecule is C=CCOC(=O)N1CC=C(C(=O)CCl)CC1. The topological polar surface area (TPSA) is 46.6 Å². The summed E-state index contributed by atoms with van der Waals surface area (Å²) in [7, 11) is 0. The molecule has 0 spiro atoms. The number of nitrogens with zero attached hydrogens (tertiary/aromatic N) is 1. The Bertz CT molecular complexity index is 325. The molecule has 4 nitrogen and oxygen atoms in total. The minimum absolute atomic E-state index is 0.00720. The average molecular weight is 244 g/mol. The van der Waals surface area contributed by atoms with Gasteiger partial charge in [-0.25, -0.2) is 4.79 Å². The first-order valence-electron chi connectivity index (χ1n) is 4.99. The van der Waals surface area contributed by atoms with Crippen LogP contribution in [-0.4, -0.2) is 42.4 Å². The smallest absolute Gasteiger partial charge is 0.410 e. The van der Waals surface area contributed by atoms with Gasteiger partial charge in [-0.15, -0.1) is 11.6 Å². The fourth-order valence-corrected chi connectivity index (χ4v) is 1.57. The maximum Gasteiger partial charge on any atom is 0.410 e. The Kier molecular flexibility index (Phi) is 5.05. The fraction of sp³-hybridized carbons (Fsp3) is 0.455. The summed E-state index contributed by atoms with van der Waals surface area (Å²) in [6.45, 7) is 4.55. The van der Waals surface area contributed by atoms with Crippen molar-refractivity contribution in [2.45, 2.75) is 6.42 Å². The summed E-state index contributed by atoms with van der Waals surface area (Å²) in [5, 5.41) is 0. The highest BCUT2D eigenvalue weighted by molar-refractivity contribution is 6.30. The first-order valence-corrected chi connectivity index (χ1v) is 5.53. The number of hydrogen-bond donors (Lipinski definition) is 0.